The number of fused-ring (bicyclic) bond motifs is 1. The van der Waals surface area contributed by atoms with Gasteiger partial charge in [-0.15, -0.1) is 22.7 Å². The molecule has 0 saturated carbocycles. The largest absolute Gasteiger partial charge is 0.336 e. The number of para-hydroxylation sites is 1. The van der Waals surface area contributed by atoms with Crippen molar-refractivity contribution < 1.29 is 4.79 Å². The van der Waals surface area contributed by atoms with E-state index in [-0.39, 0.29) is 5.91 Å². The minimum Gasteiger partial charge on any atom is -0.336 e. The molecule has 0 atom stereocenters. The standard InChI is InChI=1S/C19H17N3OS2/c1-13-16-11-17(18(23)21(2)12-15-9-6-10-24-15)25-19(16)22(20-13)14-7-4-3-5-8-14/h3-11H,12H2,1-2H3. The highest BCUT2D eigenvalue weighted by Gasteiger charge is 2.19. The van der Waals surface area contributed by atoms with Crippen LogP contribution in [0.4, 0.5) is 0 Å². The first-order valence-corrected chi connectivity index (χ1v) is 9.65. The fraction of sp³-hybridized carbons (Fsp3) is 0.158. The summed E-state index contributed by atoms with van der Waals surface area (Å²) in [6, 6.07) is 16.0. The lowest BCUT2D eigenvalue weighted by Crippen LogP contribution is -2.24. The summed E-state index contributed by atoms with van der Waals surface area (Å²) in [7, 11) is 1.85. The van der Waals surface area contributed by atoms with Crippen LogP contribution < -0.4 is 0 Å². The van der Waals surface area contributed by atoms with Gasteiger partial charge >= 0.3 is 0 Å². The number of hydrogen-bond donors (Lipinski definition) is 0. The average Bonchev–Trinajstić information content (AvgIpc) is 3.34. The van der Waals surface area contributed by atoms with Gasteiger partial charge in [0.15, 0.2) is 0 Å². The first-order chi connectivity index (χ1) is 12.1. The van der Waals surface area contributed by atoms with E-state index in [1.54, 1.807) is 16.2 Å². The van der Waals surface area contributed by atoms with Gasteiger partial charge in [0, 0.05) is 17.3 Å². The van der Waals surface area contributed by atoms with Crippen LogP contribution in [0, 0.1) is 6.92 Å². The topological polar surface area (TPSA) is 38.1 Å². The van der Waals surface area contributed by atoms with Gasteiger partial charge in [0.2, 0.25) is 0 Å². The van der Waals surface area contributed by atoms with E-state index in [4.69, 9.17) is 0 Å². The summed E-state index contributed by atoms with van der Waals surface area (Å²) in [5.74, 6) is 0.0496. The van der Waals surface area contributed by atoms with Crippen molar-refractivity contribution in [1.29, 1.82) is 0 Å². The Morgan fingerprint density at radius 1 is 1.20 bits per heavy atom. The maximum Gasteiger partial charge on any atom is 0.264 e. The van der Waals surface area contributed by atoms with Gasteiger partial charge in [-0.25, -0.2) is 4.68 Å². The van der Waals surface area contributed by atoms with Crippen LogP contribution in [0.1, 0.15) is 20.2 Å². The summed E-state index contributed by atoms with van der Waals surface area (Å²) in [6.07, 6.45) is 0. The molecule has 0 spiro atoms. The Hall–Kier alpha value is -2.44. The van der Waals surface area contributed by atoms with Gasteiger partial charge in [0.05, 0.1) is 22.8 Å². The fourth-order valence-corrected chi connectivity index (χ4v) is 4.73. The van der Waals surface area contributed by atoms with Crippen LogP contribution in [0.3, 0.4) is 0 Å². The Labute approximate surface area is 153 Å². The van der Waals surface area contributed by atoms with E-state index >= 15 is 0 Å². The third-order valence-electron chi connectivity index (χ3n) is 4.08. The second-order valence-electron chi connectivity index (χ2n) is 5.90. The minimum absolute atomic E-state index is 0.0496. The maximum atomic E-state index is 12.8. The van der Waals surface area contributed by atoms with Gasteiger partial charge in [-0.2, -0.15) is 5.10 Å². The van der Waals surface area contributed by atoms with Crippen molar-refractivity contribution >= 4 is 38.8 Å². The van der Waals surface area contributed by atoms with E-state index in [9.17, 15) is 4.79 Å². The highest BCUT2D eigenvalue weighted by Crippen LogP contribution is 2.31. The Morgan fingerprint density at radius 2 is 2.00 bits per heavy atom. The third kappa shape index (κ3) is 2.99. The van der Waals surface area contributed by atoms with Crippen LogP contribution in [0.5, 0.6) is 0 Å². The van der Waals surface area contributed by atoms with Crippen LogP contribution in [0.2, 0.25) is 0 Å². The van der Waals surface area contributed by atoms with Crippen LogP contribution in [-0.4, -0.2) is 27.6 Å². The average molecular weight is 367 g/mol. The molecule has 1 aromatic carbocycles. The smallest absolute Gasteiger partial charge is 0.264 e. The highest BCUT2D eigenvalue weighted by atomic mass is 32.1. The van der Waals surface area contributed by atoms with Gasteiger partial charge in [0.25, 0.3) is 5.91 Å². The molecular weight excluding hydrogens is 350 g/mol. The molecule has 4 nitrogen and oxygen atoms in total. The van der Waals surface area contributed by atoms with Crippen LogP contribution in [0.25, 0.3) is 15.9 Å². The number of rotatable bonds is 4. The summed E-state index contributed by atoms with van der Waals surface area (Å²) in [5.41, 5.74) is 1.95. The molecule has 0 aliphatic carbocycles. The number of carbonyl (C=O) groups excluding carboxylic acids is 1. The summed E-state index contributed by atoms with van der Waals surface area (Å²) in [5, 5.41) is 7.71. The minimum atomic E-state index is 0.0496. The molecule has 1 amide bonds. The Kier molecular flexibility index (Phi) is 4.15. The summed E-state index contributed by atoms with van der Waals surface area (Å²) >= 11 is 3.17. The zero-order chi connectivity index (χ0) is 17.4. The summed E-state index contributed by atoms with van der Waals surface area (Å²) in [4.78, 5) is 17.5. The molecule has 6 heteroatoms. The molecule has 4 aromatic rings. The highest BCUT2D eigenvalue weighted by molar-refractivity contribution is 7.20. The number of nitrogens with zero attached hydrogens (tertiary/aromatic N) is 3. The van der Waals surface area contributed by atoms with E-state index in [2.05, 4.69) is 11.2 Å². The normalized spacial score (nSPS) is 11.1. The van der Waals surface area contributed by atoms with E-state index in [1.807, 2.05) is 66.5 Å². The predicted octanol–water partition coefficient (Wildman–Crippen LogP) is 4.73. The molecule has 0 radical (unpaired) electrons. The molecule has 0 aliphatic heterocycles. The van der Waals surface area contributed by atoms with Crippen LogP contribution in [0.15, 0.2) is 53.9 Å². The number of amides is 1. The van der Waals surface area contributed by atoms with Gasteiger partial charge in [-0.3, -0.25) is 4.79 Å². The molecule has 126 valence electrons. The first-order valence-electron chi connectivity index (χ1n) is 7.96. The quantitative estimate of drug-likeness (QED) is 0.523. The molecule has 0 saturated heterocycles. The van der Waals surface area contributed by atoms with Gasteiger partial charge in [-0.05, 0) is 36.6 Å². The second kappa shape index (κ2) is 6.46. The van der Waals surface area contributed by atoms with E-state index in [0.29, 0.717) is 6.54 Å². The van der Waals surface area contributed by atoms with E-state index in [1.165, 1.54) is 16.2 Å². The zero-order valence-electron chi connectivity index (χ0n) is 14.0. The molecule has 0 N–H and O–H groups in total. The third-order valence-corrected chi connectivity index (χ3v) is 6.04. The Balaban J connectivity index is 1.68. The SMILES string of the molecule is Cc1nn(-c2ccccc2)c2sc(C(=O)N(C)Cc3cccs3)cc12. The molecule has 3 aromatic heterocycles. The number of hydrogen-bond acceptors (Lipinski definition) is 4. The Bertz CT molecular complexity index is 1020. The lowest BCUT2D eigenvalue weighted by Gasteiger charge is -2.14. The maximum absolute atomic E-state index is 12.8. The molecule has 0 unspecified atom stereocenters. The lowest BCUT2D eigenvalue weighted by atomic mass is 10.3. The van der Waals surface area contributed by atoms with Crippen molar-refractivity contribution in [3.8, 4) is 5.69 Å². The van der Waals surface area contributed by atoms with Gasteiger partial charge in [-0.1, -0.05) is 24.3 Å². The van der Waals surface area contributed by atoms with Crippen LogP contribution >= 0.6 is 22.7 Å². The second-order valence-corrected chi connectivity index (χ2v) is 7.97. The van der Waals surface area contributed by atoms with Gasteiger partial charge < -0.3 is 4.90 Å². The molecular formula is C19H17N3OS2. The summed E-state index contributed by atoms with van der Waals surface area (Å²) < 4.78 is 1.92. The van der Waals surface area contributed by atoms with Crippen molar-refractivity contribution in [3.63, 3.8) is 0 Å². The molecule has 3 heterocycles. The van der Waals surface area contributed by atoms with Crippen molar-refractivity contribution in [3.05, 3.63) is 69.4 Å². The van der Waals surface area contributed by atoms with Crippen molar-refractivity contribution in [2.75, 3.05) is 7.05 Å². The summed E-state index contributed by atoms with van der Waals surface area (Å²) in [6.45, 7) is 2.62. The van der Waals surface area contributed by atoms with E-state index < -0.39 is 0 Å². The molecule has 0 fully saturated rings. The first kappa shape index (κ1) is 16.1. The monoisotopic (exact) mass is 367 g/mol. The Morgan fingerprint density at radius 3 is 2.72 bits per heavy atom. The molecule has 0 aliphatic rings. The number of aromatic nitrogens is 2. The number of carbonyl (C=O) groups is 1. The molecule has 0 bridgehead atoms. The zero-order valence-corrected chi connectivity index (χ0v) is 15.6. The van der Waals surface area contributed by atoms with Crippen LogP contribution in [-0.2, 0) is 6.54 Å². The lowest BCUT2D eigenvalue weighted by molar-refractivity contribution is 0.0791. The fourth-order valence-electron chi connectivity index (χ4n) is 2.79. The molecule has 4 rings (SSSR count). The predicted molar refractivity (Wildman–Crippen MR) is 104 cm³/mol. The van der Waals surface area contributed by atoms with Crippen molar-refractivity contribution in [2.24, 2.45) is 0 Å². The van der Waals surface area contributed by atoms with Gasteiger partial charge in [0.1, 0.15) is 4.83 Å². The van der Waals surface area contributed by atoms with Crippen molar-refractivity contribution in [1.82, 2.24) is 14.7 Å². The number of aryl methyl sites for hydroxylation is 1. The number of thiophene rings is 2. The van der Waals surface area contributed by atoms with Crippen molar-refractivity contribution in [2.45, 2.75) is 13.5 Å². The van der Waals surface area contributed by atoms with E-state index in [0.717, 1.165) is 26.5 Å². The molecule has 25 heavy (non-hydrogen) atoms. The number of benzene rings is 1.